The summed E-state index contributed by atoms with van der Waals surface area (Å²) < 4.78 is 4.97. The van der Waals surface area contributed by atoms with Gasteiger partial charge in [-0.25, -0.2) is 0 Å². The first-order valence-electron chi connectivity index (χ1n) is 6.56. The Morgan fingerprint density at radius 3 is 2.59 bits per heavy atom. The smallest absolute Gasteiger partial charge is 0.166 e. The van der Waals surface area contributed by atoms with Gasteiger partial charge in [-0.3, -0.25) is 0 Å². The first-order chi connectivity index (χ1) is 8.33. The molecular weight excluding hydrogens is 234 g/mol. The Labute approximate surface area is 110 Å². The molecule has 0 unspecified atom stereocenters. The highest BCUT2D eigenvalue weighted by atomic mass is 32.1. The number of hydrogen-bond donors (Lipinski definition) is 2. The second-order valence-electron chi connectivity index (χ2n) is 4.43. The first-order valence-corrected chi connectivity index (χ1v) is 6.97. The van der Waals surface area contributed by atoms with E-state index < -0.39 is 0 Å². The van der Waals surface area contributed by atoms with Crippen LogP contribution in [0.4, 0.5) is 0 Å². The molecule has 0 bridgehead atoms. The SMILES string of the molecule is COCCCNC(=S)NCCN1CCCCC1. The molecule has 1 aliphatic heterocycles. The van der Waals surface area contributed by atoms with Gasteiger partial charge in [-0.05, 0) is 44.6 Å². The summed E-state index contributed by atoms with van der Waals surface area (Å²) >= 11 is 5.19. The van der Waals surface area contributed by atoms with Crippen LogP contribution in [0.2, 0.25) is 0 Å². The van der Waals surface area contributed by atoms with Gasteiger partial charge in [0.15, 0.2) is 5.11 Å². The minimum absolute atomic E-state index is 0.762. The van der Waals surface area contributed by atoms with Crippen molar-refractivity contribution >= 4 is 17.3 Å². The summed E-state index contributed by atoms with van der Waals surface area (Å²) in [5.41, 5.74) is 0. The molecule has 0 amide bonds. The monoisotopic (exact) mass is 259 g/mol. The summed E-state index contributed by atoms with van der Waals surface area (Å²) in [5.74, 6) is 0. The lowest BCUT2D eigenvalue weighted by Crippen LogP contribution is -2.41. The number of methoxy groups -OCH3 is 1. The Morgan fingerprint density at radius 1 is 1.18 bits per heavy atom. The Hall–Kier alpha value is -0.390. The molecule has 0 aromatic heterocycles. The minimum Gasteiger partial charge on any atom is -0.385 e. The van der Waals surface area contributed by atoms with Crippen molar-refractivity contribution < 1.29 is 4.74 Å². The van der Waals surface area contributed by atoms with Gasteiger partial charge >= 0.3 is 0 Å². The number of hydrogen-bond acceptors (Lipinski definition) is 3. The van der Waals surface area contributed by atoms with Crippen LogP contribution < -0.4 is 10.6 Å². The maximum absolute atomic E-state index is 5.19. The second kappa shape index (κ2) is 9.62. The van der Waals surface area contributed by atoms with Crippen LogP contribution in [0.25, 0.3) is 0 Å². The fourth-order valence-corrected chi connectivity index (χ4v) is 2.20. The van der Waals surface area contributed by atoms with Gasteiger partial charge in [0.1, 0.15) is 0 Å². The molecule has 1 rings (SSSR count). The number of thiocarbonyl (C=S) groups is 1. The van der Waals surface area contributed by atoms with Gasteiger partial charge in [0.2, 0.25) is 0 Å². The molecule has 0 radical (unpaired) electrons. The summed E-state index contributed by atoms with van der Waals surface area (Å²) in [7, 11) is 1.72. The van der Waals surface area contributed by atoms with E-state index in [-0.39, 0.29) is 0 Å². The summed E-state index contributed by atoms with van der Waals surface area (Å²) in [6.45, 7) is 6.19. The third-order valence-electron chi connectivity index (χ3n) is 2.97. The van der Waals surface area contributed by atoms with Gasteiger partial charge in [-0.15, -0.1) is 0 Å². The molecule has 17 heavy (non-hydrogen) atoms. The Kier molecular flexibility index (Phi) is 8.30. The van der Waals surface area contributed by atoms with Crippen LogP contribution in [-0.4, -0.2) is 56.5 Å². The lowest BCUT2D eigenvalue weighted by atomic mass is 10.1. The molecule has 1 saturated heterocycles. The highest BCUT2D eigenvalue weighted by molar-refractivity contribution is 7.80. The van der Waals surface area contributed by atoms with Crippen molar-refractivity contribution in [1.82, 2.24) is 15.5 Å². The van der Waals surface area contributed by atoms with Crippen LogP contribution >= 0.6 is 12.2 Å². The van der Waals surface area contributed by atoms with E-state index in [0.29, 0.717) is 0 Å². The van der Waals surface area contributed by atoms with Gasteiger partial charge in [0.05, 0.1) is 0 Å². The lowest BCUT2D eigenvalue weighted by Gasteiger charge is -2.26. The molecule has 4 nitrogen and oxygen atoms in total. The zero-order chi connectivity index (χ0) is 12.3. The van der Waals surface area contributed by atoms with E-state index in [1.54, 1.807) is 7.11 Å². The molecule has 1 fully saturated rings. The molecule has 0 spiro atoms. The molecule has 100 valence electrons. The number of ether oxygens (including phenoxy) is 1. The standard InChI is InChI=1S/C12H25N3OS/c1-16-11-5-6-13-12(17)14-7-10-15-8-3-2-4-9-15/h2-11H2,1H3,(H2,13,14,17). The Bertz CT molecular complexity index is 208. The molecular formula is C12H25N3OS. The maximum atomic E-state index is 5.19. The predicted octanol–water partition coefficient (Wildman–Crippen LogP) is 0.973. The van der Waals surface area contributed by atoms with Gasteiger partial charge in [0, 0.05) is 33.4 Å². The van der Waals surface area contributed by atoms with Crippen LogP contribution in [0.1, 0.15) is 25.7 Å². The van der Waals surface area contributed by atoms with Crippen LogP contribution in [-0.2, 0) is 4.74 Å². The summed E-state index contributed by atoms with van der Waals surface area (Å²) in [4.78, 5) is 2.50. The summed E-state index contributed by atoms with van der Waals surface area (Å²) in [6, 6.07) is 0. The Morgan fingerprint density at radius 2 is 1.88 bits per heavy atom. The van der Waals surface area contributed by atoms with E-state index in [0.717, 1.165) is 37.8 Å². The third kappa shape index (κ3) is 7.52. The average molecular weight is 259 g/mol. The van der Waals surface area contributed by atoms with Crippen molar-refractivity contribution in [1.29, 1.82) is 0 Å². The van der Waals surface area contributed by atoms with Crippen LogP contribution in [0.15, 0.2) is 0 Å². The molecule has 0 saturated carbocycles. The molecule has 0 aliphatic carbocycles. The van der Waals surface area contributed by atoms with Crippen LogP contribution in [0, 0.1) is 0 Å². The number of nitrogens with one attached hydrogen (secondary N) is 2. The zero-order valence-electron chi connectivity index (χ0n) is 10.8. The highest BCUT2D eigenvalue weighted by Crippen LogP contribution is 2.07. The molecule has 5 heteroatoms. The second-order valence-corrected chi connectivity index (χ2v) is 4.84. The maximum Gasteiger partial charge on any atom is 0.166 e. The first kappa shape index (κ1) is 14.7. The van der Waals surface area contributed by atoms with Gasteiger partial charge in [-0.1, -0.05) is 6.42 Å². The Balaban J connectivity index is 1.92. The molecule has 0 aromatic rings. The van der Waals surface area contributed by atoms with Crippen molar-refractivity contribution in [2.45, 2.75) is 25.7 Å². The fraction of sp³-hybridized carbons (Fsp3) is 0.917. The summed E-state index contributed by atoms with van der Waals surface area (Å²) in [5, 5.41) is 7.18. The number of rotatable bonds is 7. The van der Waals surface area contributed by atoms with Gasteiger partial charge in [0.25, 0.3) is 0 Å². The van der Waals surface area contributed by atoms with Crippen molar-refractivity contribution in [2.75, 3.05) is 46.4 Å². The number of likely N-dealkylation sites (tertiary alicyclic amines) is 1. The van der Waals surface area contributed by atoms with E-state index in [1.165, 1.54) is 32.4 Å². The van der Waals surface area contributed by atoms with Gasteiger partial charge < -0.3 is 20.3 Å². The van der Waals surface area contributed by atoms with E-state index in [9.17, 15) is 0 Å². The van der Waals surface area contributed by atoms with E-state index >= 15 is 0 Å². The number of piperidine rings is 1. The lowest BCUT2D eigenvalue weighted by molar-refractivity contribution is 0.195. The van der Waals surface area contributed by atoms with E-state index in [2.05, 4.69) is 15.5 Å². The molecule has 1 heterocycles. The molecule has 0 aromatic carbocycles. The number of nitrogens with zero attached hydrogens (tertiary/aromatic N) is 1. The molecule has 1 aliphatic rings. The molecule has 2 N–H and O–H groups in total. The zero-order valence-corrected chi connectivity index (χ0v) is 11.7. The normalized spacial score (nSPS) is 16.8. The largest absolute Gasteiger partial charge is 0.385 e. The predicted molar refractivity (Wildman–Crippen MR) is 75.4 cm³/mol. The van der Waals surface area contributed by atoms with Crippen LogP contribution in [0.5, 0.6) is 0 Å². The van der Waals surface area contributed by atoms with Crippen molar-refractivity contribution in [3.63, 3.8) is 0 Å². The fourth-order valence-electron chi connectivity index (χ4n) is 1.99. The van der Waals surface area contributed by atoms with Crippen molar-refractivity contribution in [2.24, 2.45) is 0 Å². The van der Waals surface area contributed by atoms with Gasteiger partial charge in [-0.2, -0.15) is 0 Å². The average Bonchev–Trinajstić information content (AvgIpc) is 2.36. The highest BCUT2D eigenvalue weighted by Gasteiger charge is 2.08. The van der Waals surface area contributed by atoms with Crippen molar-refractivity contribution in [3.8, 4) is 0 Å². The summed E-state index contributed by atoms with van der Waals surface area (Å²) in [6.07, 6.45) is 5.08. The van der Waals surface area contributed by atoms with E-state index in [4.69, 9.17) is 17.0 Å². The van der Waals surface area contributed by atoms with E-state index in [1.807, 2.05) is 0 Å². The quantitative estimate of drug-likeness (QED) is 0.526. The third-order valence-corrected chi connectivity index (χ3v) is 3.26. The van der Waals surface area contributed by atoms with Crippen LogP contribution in [0.3, 0.4) is 0 Å². The molecule has 0 atom stereocenters. The van der Waals surface area contributed by atoms with Crippen molar-refractivity contribution in [3.05, 3.63) is 0 Å². The minimum atomic E-state index is 0.762. The topological polar surface area (TPSA) is 36.5 Å².